The van der Waals surface area contributed by atoms with Gasteiger partial charge in [0.1, 0.15) is 0 Å². The van der Waals surface area contributed by atoms with Gasteiger partial charge in [-0.2, -0.15) is 0 Å². The fraction of sp³-hybridized carbons (Fsp3) is 0.357. The van der Waals surface area contributed by atoms with Gasteiger partial charge in [-0.25, -0.2) is 4.79 Å². The molecule has 0 aliphatic rings. The molecule has 0 amide bonds. The first-order valence-corrected chi connectivity index (χ1v) is 6.74. The van der Waals surface area contributed by atoms with Crippen LogP contribution in [0.1, 0.15) is 25.5 Å². The topological polar surface area (TPSA) is 38.3 Å². The molecular formula is C14H17Cl2NO2. The monoisotopic (exact) mass is 301 g/mol. The largest absolute Gasteiger partial charge is 0.463 e. The van der Waals surface area contributed by atoms with E-state index >= 15 is 0 Å². The molecule has 19 heavy (non-hydrogen) atoms. The Labute approximate surface area is 123 Å². The molecule has 0 radical (unpaired) electrons. The Bertz CT molecular complexity index is 475. The molecule has 5 heteroatoms. The Morgan fingerprint density at radius 1 is 1.47 bits per heavy atom. The Balaban J connectivity index is 2.58. The first-order valence-electron chi connectivity index (χ1n) is 5.99. The molecule has 0 aliphatic heterocycles. The van der Waals surface area contributed by atoms with Crippen molar-refractivity contribution in [2.75, 3.05) is 13.2 Å². The van der Waals surface area contributed by atoms with Gasteiger partial charge in [-0.3, -0.25) is 0 Å². The molecule has 0 saturated heterocycles. The summed E-state index contributed by atoms with van der Waals surface area (Å²) in [6, 6.07) is 5.31. The smallest absolute Gasteiger partial charge is 0.334 e. The Morgan fingerprint density at radius 3 is 2.74 bits per heavy atom. The summed E-state index contributed by atoms with van der Waals surface area (Å²) in [5.74, 6) is -0.385. The van der Waals surface area contributed by atoms with Crippen molar-refractivity contribution in [3.8, 4) is 0 Å². The normalized spacial score (nSPS) is 12.0. The van der Waals surface area contributed by atoms with E-state index in [2.05, 4.69) is 11.9 Å². The maximum atomic E-state index is 11.4. The van der Waals surface area contributed by atoms with E-state index in [1.807, 2.05) is 13.0 Å². The molecule has 1 rings (SSSR count). The Morgan fingerprint density at radius 2 is 2.16 bits per heavy atom. The lowest BCUT2D eigenvalue weighted by atomic mass is 10.1. The van der Waals surface area contributed by atoms with Gasteiger partial charge in [-0.15, -0.1) is 0 Å². The highest BCUT2D eigenvalue weighted by molar-refractivity contribution is 6.35. The summed E-state index contributed by atoms with van der Waals surface area (Å²) < 4.78 is 4.86. The van der Waals surface area contributed by atoms with E-state index in [9.17, 15) is 4.79 Å². The molecule has 1 aromatic carbocycles. The number of rotatable bonds is 6. The zero-order chi connectivity index (χ0) is 14.4. The van der Waals surface area contributed by atoms with Crippen LogP contribution in [0, 0.1) is 0 Å². The van der Waals surface area contributed by atoms with Gasteiger partial charge in [0.15, 0.2) is 0 Å². The van der Waals surface area contributed by atoms with E-state index in [0.29, 0.717) is 28.8 Å². The molecule has 0 bridgehead atoms. The van der Waals surface area contributed by atoms with Gasteiger partial charge >= 0.3 is 5.97 Å². The van der Waals surface area contributed by atoms with Crippen LogP contribution in [0.15, 0.2) is 30.4 Å². The van der Waals surface area contributed by atoms with E-state index in [1.54, 1.807) is 19.1 Å². The predicted molar refractivity (Wildman–Crippen MR) is 78.7 cm³/mol. The first-order chi connectivity index (χ1) is 8.95. The van der Waals surface area contributed by atoms with Gasteiger partial charge in [0.2, 0.25) is 0 Å². The number of ether oxygens (including phenoxy) is 1. The molecule has 1 unspecified atom stereocenters. The highest BCUT2D eigenvalue weighted by Gasteiger charge is 2.12. The fourth-order valence-electron chi connectivity index (χ4n) is 1.54. The van der Waals surface area contributed by atoms with Crippen LogP contribution < -0.4 is 5.32 Å². The zero-order valence-corrected chi connectivity index (χ0v) is 12.5. The molecule has 0 heterocycles. The molecule has 0 fully saturated rings. The molecule has 0 spiro atoms. The number of nitrogens with one attached hydrogen (secondary N) is 1. The summed E-state index contributed by atoms with van der Waals surface area (Å²) in [5, 5.41) is 4.36. The highest BCUT2D eigenvalue weighted by Crippen LogP contribution is 2.26. The molecule has 3 nitrogen and oxygen atoms in total. The van der Waals surface area contributed by atoms with Crippen LogP contribution in [-0.2, 0) is 9.53 Å². The van der Waals surface area contributed by atoms with Crippen molar-refractivity contribution in [2.24, 2.45) is 0 Å². The third kappa shape index (κ3) is 4.86. The Hall–Kier alpha value is -1.03. The second-order valence-corrected chi connectivity index (χ2v) is 4.94. The maximum absolute atomic E-state index is 11.4. The van der Waals surface area contributed by atoms with E-state index in [0.717, 1.165) is 5.56 Å². The van der Waals surface area contributed by atoms with Crippen LogP contribution >= 0.6 is 23.2 Å². The average Bonchev–Trinajstić information content (AvgIpc) is 2.35. The SMILES string of the molecule is C=C(CNC(C)c1ccc(Cl)cc1Cl)C(=O)OCC. The van der Waals surface area contributed by atoms with Gasteiger partial charge in [0.05, 0.1) is 6.61 Å². The lowest BCUT2D eigenvalue weighted by Crippen LogP contribution is -2.24. The van der Waals surface area contributed by atoms with E-state index in [1.165, 1.54) is 0 Å². The third-order valence-corrected chi connectivity index (χ3v) is 3.18. The summed E-state index contributed by atoms with van der Waals surface area (Å²) in [4.78, 5) is 11.4. The lowest BCUT2D eigenvalue weighted by Gasteiger charge is -2.16. The van der Waals surface area contributed by atoms with Crippen LogP contribution in [0.3, 0.4) is 0 Å². The summed E-state index contributed by atoms with van der Waals surface area (Å²) in [5.41, 5.74) is 1.31. The number of hydrogen-bond donors (Lipinski definition) is 1. The summed E-state index contributed by atoms with van der Waals surface area (Å²) >= 11 is 12.0. The summed E-state index contributed by atoms with van der Waals surface area (Å²) in [6.45, 7) is 8.08. The lowest BCUT2D eigenvalue weighted by molar-refractivity contribution is -0.138. The van der Waals surface area contributed by atoms with E-state index in [4.69, 9.17) is 27.9 Å². The highest BCUT2D eigenvalue weighted by atomic mass is 35.5. The summed E-state index contributed by atoms with van der Waals surface area (Å²) in [7, 11) is 0. The van der Waals surface area contributed by atoms with Crippen molar-refractivity contribution in [3.63, 3.8) is 0 Å². The quantitative estimate of drug-likeness (QED) is 0.642. The number of hydrogen-bond acceptors (Lipinski definition) is 3. The number of halogens is 2. The van der Waals surface area contributed by atoms with Crippen molar-refractivity contribution < 1.29 is 9.53 Å². The van der Waals surface area contributed by atoms with Crippen molar-refractivity contribution in [1.29, 1.82) is 0 Å². The van der Waals surface area contributed by atoms with Crippen LogP contribution in [0.4, 0.5) is 0 Å². The maximum Gasteiger partial charge on any atom is 0.334 e. The second-order valence-electron chi connectivity index (χ2n) is 4.09. The zero-order valence-electron chi connectivity index (χ0n) is 11.0. The molecular weight excluding hydrogens is 285 g/mol. The third-order valence-electron chi connectivity index (χ3n) is 2.61. The first kappa shape index (κ1) is 16.0. The molecule has 0 saturated carbocycles. The van der Waals surface area contributed by atoms with Gasteiger partial charge in [0.25, 0.3) is 0 Å². The molecule has 0 aromatic heterocycles. The van der Waals surface area contributed by atoms with Crippen LogP contribution in [0.5, 0.6) is 0 Å². The second kappa shape index (κ2) is 7.53. The predicted octanol–water partition coefficient (Wildman–Crippen LogP) is 3.76. The minimum Gasteiger partial charge on any atom is -0.463 e. The fourth-order valence-corrected chi connectivity index (χ4v) is 2.12. The van der Waals surface area contributed by atoms with E-state index < -0.39 is 0 Å². The summed E-state index contributed by atoms with van der Waals surface area (Å²) in [6.07, 6.45) is 0. The number of carbonyl (C=O) groups is 1. The van der Waals surface area contributed by atoms with Crippen LogP contribution in [0.25, 0.3) is 0 Å². The van der Waals surface area contributed by atoms with Crippen LogP contribution in [-0.4, -0.2) is 19.1 Å². The van der Waals surface area contributed by atoms with Crippen molar-refractivity contribution >= 4 is 29.2 Å². The van der Waals surface area contributed by atoms with Gasteiger partial charge in [0, 0.05) is 28.2 Å². The molecule has 0 aliphatic carbocycles. The van der Waals surface area contributed by atoms with Gasteiger partial charge in [-0.1, -0.05) is 35.8 Å². The van der Waals surface area contributed by atoms with Crippen LogP contribution in [0.2, 0.25) is 10.0 Å². The van der Waals surface area contributed by atoms with Gasteiger partial charge in [-0.05, 0) is 31.5 Å². The van der Waals surface area contributed by atoms with E-state index in [-0.39, 0.29) is 12.0 Å². The number of carbonyl (C=O) groups excluding carboxylic acids is 1. The Kier molecular flexibility index (Phi) is 6.35. The standard InChI is InChI=1S/C14H17Cl2NO2/c1-4-19-14(18)9(2)8-17-10(3)12-6-5-11(15)7-13(12)16/h5-7,10,17H,2,4,8H2,1,3H3. The molecule has 1 N–H and O–H groups in total. The molecule has 104 valence electrons. The van der Waals surface area contributed by atoms with Gasteiger partial charge < -0.3 is 10.1 Å². The van der Waals surface area contributed by atoms with Crippen molar-refractivity contribution in [2.45, 2.75) is 19.9 Å². The molecule has 1 aromatic rings. The van der Waals surface area contributed by atoms with Crippen molar-refractivity contribution in [1.82, 2.24) is 5.32 Å². The minimum absolute atomic E-state index is 0.0176. The number of benzene rings is 1. The molecule has 1 atom stereocenters. The van der Waals surface area contributed by atoms with Crippen molar-refractivity contribution in [3.05, 3.63) is 46.0 Å². The average molecular weight is 302 g/mol. The minimum atomic E-state index is -0.385. The number of esters is 1.